The average Bonchev–Trinajstić information content (AvgIpc) is 2.06. The van der Waals surface area contributed by atoms with Crippen molar-refractivity contribution in [2.45, 2.75) is 39.7 Å². The molecule has 1 atom stereocenters. The van der Waals surface area contributed by atoms with Gasteiger partial charge in [0.25, 0.3) is 0 Å². The molecular weight excluding hydrogens is 150 g/mol. The molecule has 72 valence electrons. The molecule has 1 fully saturated rings. The first-order valence-electron chi connectivity index (χ1n) is 4.96. The van der Waals surface area contributed by atoms with Gasteiger partial charge in [-0.2, -0.15) is 0 Å². The summed E-state index contributed by atoms with van der Waals surface area (Å²) in [7, 11) is 0. The monoisotopic (exact) mass is 171 g/mol. The summed E-state index contributed by atoms with van der Waals surface area (Å²) >= 11 is 0. The van der Waals surface area contributed by atoms with Crippen molar-refractivity contribution in [3.8, 4) is 0 Å². The van der Waals surface area contributed by atoms with E-state index in [1.807, 2.05) is 0 Å². The summed E-state index contributed by atoms with van der Waals surface area (Å²) in [6, 6.07) is 0. The van der Waals surface area contributed by atoms with E-state index in [-0.39, 0.29) is 0 Å². The van der Waals surface area contributed by atoms with Crippen LogP contribution in [0, 0.1) is 5.41 Å². The van der Waals surface area contributed by atoms with Crippen LogP contribution in [-0.4, -0.2) is 25.8 Å². The Morgan fingerprint density at radius 2 is 2.25 bits per heavy atom. The predicted molar refractivity (Wildman–Crippen MR) is 51.3 cm³/mol. The summed E-state index contributed by atoms with van der Waals surface area (Å²) in [5.74, 6) is 0. The molecule has 1 heterocycles. The first-order valence-corrected chi connectivity index (χ1v) is 4.96. The van der Waals surface area contributed by atoms with Crippen molar-refractivity contribution < 1.29 is 4.74 Å². The van der Waals surface area contributed by atoms with E-state index < -0.39 is 0 Å². The summed E-state index contributed by atoms with van der Waals surface area (Å²) in [6.07, 6.45) is 2.84. The third-order valence-electron chi connectivity index (χ3n) is 2.74. The van der Waals surface area contributed by atoms with E-state index in [4.69, 9.17) is 4.74 Å². The van der Waals surface area contributed by atoms with Crippen LogP contribution >= 0.6 is 0 Å². The number of hydrogen-bond acceptors (Lipinski definition) is 2. The molecule has 0 spiro atoms. The molecule has 12 heavy (non-hydrogen) atoms. The second-order valence-electron chi connectivity index (χ2n) is 4.42. The normalized spacial score (nSPS) is 25.8. The molecule has 0 aromatic rings. The van der Waals surface area contributed by atoms with Crippen LogP contribution in [-0.2, 0) is 4.74 Å². The standard InChI is InChI=1S/C10H21NO/c1-4-10(2,3)7-9-8-11-5-6-12-9/h9,11H,4-8H2,1-3H3. The first kappa shape index (κ1) is 10.0. The third-order valence-corrected chi connectivity index (χ3v) is 2.74. The largest absolute Gasteiger partial charge is 0.376 e. The van der Waals surface area contributed by atoms with Crippen LogP contribution in [0.4, 0.5) is 0 Å². The van der Waals surface area contributed by atoms with Gasteiger partial charge in [0.2, 0.25) is 0 Å². The fourth-order valence-electron chi connectivity index (χ4n) is 1.51. The first-order chi connectivity index (χ1) is 5.64. The Morgan fingerprint density at radius 3 is 2.75 bits per heavy atom. The maximum absolute atomic E-state index is 5.65. The Hall–Kier alpha value is -0.0800. The van der Waals surface area contributed by atoms with Gasteiger partial charge in [0.15, 0.2) is 0 Å². The molecule has 1 saturated heterocycles. The zero-order chi connectivity index (χ0) is 9.03. The summed E-state index contributed by atoms with van der Waals surface area (Å²) in [6.45, 7) is 9.79. The number of nitrogens with one attached hydrogen (secondary N) is 1. The highest BCUT2D eigenvalue weighted by atomic mass is 16.5. The lowest BCUT2D eigenvalue weighted by molar-refractivity contribution is 0.00111. The van der Waals surface area contributed by atoms with Gasteiger partial charge in [0, 0.05) is 13.1 Å². The highest BCUT2D eigenvalue weighted by Gasteiger charge is 2.23. The molecule has 0 amide bonds. The van der Waals surface area contributed by atoms with Crippen LogP contribution in [0.5, 0.6) is 0 Å². The van der Waals surface area contributed by atoms with Gasteiger partial charge in [0.05, 0.1) is 12.7 Å². The maximum atomic E-state index is 5.65. The van der Waals surface area contributed by atoms with Gasteiger partial charge in [-0.15, -0.1) is 0 Å². The second-order valence-corrected chi connectivity index (χ2v) is 4.42. The van der Waals surface area contributed by atoms with Crippen molar-refractivity contribution in [1.82, 2.24) is 5.32 Å². The van der Waals surface area contributed by atoms with E-state index in [0.717, 1.165) is 19.7 Å². The number of hydrogen-bond donors (Lipinski definition) is 1. The lowest BCUT2D eigenvalue weighted by atomic mass is 9.84. The third kappa shape index (κ3) is 3.11. The van der Waals surface area contributed by atoms with Gasteiger partial charge in [-0.25, -0.2) is 0 Å². The molecule has 0 radical (unpaired) electrons. The number of rotatable bonds is 3. The van der Waals surface area contributed by atoms with Crippen LogP contribution in [0.1, 0.15) is 33.6 Å². The van der Waals surface area contributed by atoms with Gasteiger partial charge in [-0.05, 0) is 11.8 Å². The zero-order valence-corrected chi connectivity index (χ0v) is 8.52. The molecule has 0 bridgehead atoms. The molecule has 0 aromatic heterocycles. The van der Waals surface area contributed by atoms with Crippen LogP contribution < -0.4 is 5.32 Å². The SMILES string of the molecule is CCC(C)(C)CC1CNCCO1. The lowest BCUT2D eigenvalue weighted by Crippen LogP contribution is -2.40. The minimum Gasteiger partial charge on any atom is -0.376 e. The molecule has 0 saturated carbocycles. The molecule has 2 nitrogen and oxygen atoms in total. The number of ether oxygens (including phenoxy) is 1. The van der Waals surface area contributed by atoms with Crippen LogP contribution in [0.3, 0.4) is 0 Å². The summed E-state index contributed by atoms with van der Waals surface area (Å²) in [4.78, 5) is 0. The molecule has 0 aliphatic carbocycles. The van der Waals surface area contributed by atoms with Crippen molar-refractivity contribution in [2.75, 3.05) is 19.7 Å². The van der Waals surface area contributed by atoms with Crippen molar-refractivity contribution in [1.29, 1.82) is 0 Å². The van der Waals surface area contributed by atoms with Gasteiger partial charge in [-0.3, -0.25) is 0 Å². The predicted octanol–water partition coefficient (Wildman–Crippen LogP) is 1.80. The van der Waals surface area contributed by atoms with Crippen molar-refractivity contribution >= 4 is 0 Å². The van der Waals surface area contributed by atoms with Crippen LogP contribution in [0.15, 0.2) is 0 Å². The fourth-order valence-corrected chi connectivity index (χ4v) is 1.51. The summed E-state index contributed by atoms with van der Waals surface area (Å²) in [5.41, 5.74) is 0.434. The minimum atomic E-state index is 0.434. The Bertz CT molecular complexity index is 128. The highest BCUT2D eigenvalue weighted by Crippen LogP contribution is 2.27. The Kier molecular flexibility index (Phi) is 3.53. The Balaban J connectivity index is 2.28. The van der Waals surface area contributed by atoms with E-state index in [9.17, 15) is 0 Å². The molecule has 1 rings (SSSR count). The zero-order valence-electron chi connectivity index (χ0n) is 8.52. The number of morpholine rings is 1. The van der Waals surface area contributed by atoms with Gasteiger partial charge < -0.3 is 10.1 Å². The smallest absolute Gasteiger partial charge is 0.0705 e. The van der Waals surface area contributed by atoms with E-state index in [2.05, 4.69) is 26.1 Å². The molecule has 0 aromatic carbocycles. The van der Waals surface area contributed by atoms with E-state index >= 15 is 0 Å². The van der Waals surface area contributed by atoms with Gasteiger partial charge in [0.1, 0.15) is 0 Å². The quantitative estimate of drug-likeness (QED) is 0.699. The Morgan fingerprint density at radius 1 is 1.50 bits per heavy atom. The van der Waals surface area contributed by atoms with Crippen molar-refractivity contribution in [2.24, 2.45) is 5.41 Å². The molecular formula is C10H21NO. The van der Waals surface area contributed by atoms with Crippen molar-refractivity contribution in [3.05, 3.63) is 0 Å². The summed E-state index contributed by atoms with van der Waals surface area (Å²) in [5, 5.41) is 3.36. The fraction of sp³-hybridized carbons (Fsp3) is 1.00. The molecule has 2 heteroatoms. The van der Waals surface area contributed by atoms with Crippen LogP contribution in [0.25, 0.3) is 0 Å². The molecule has 1 aliphatic rings. The lowest BCUT2D eigenvalue weighted by Gasteiger charge is -2.31. The van der Waals surface area contributed by atoms with Crippen LogP contribution in [0.2, 0.25) is 0 Å². The minimum absolute atomic E-state index is 0.434. The molecule has 1 N–H and O–H groups in total. The van der Waals surface area contributed by atoms with Gasteiger partial charge in [-0.1, -0.05) is 27.2 Å². The van der Waals surface area contributed by atoms with Crippen molar-refractivity contribution in [3.63, 3.8) is 0 Å². The molecule has 1 aliphatic heterocycles. The van der Waals surface area contributed by atoms with E-state index in [1.165, 1.54) is 12.8 Å². The summed E-state index contributed by atoms with van der Waals surface area (Å²) < 4.78 is 5.65. The van der Waals surface area contributed by atoms with E-state index in [0.29, 0.717) is 11.5 Å². The van der Waals surface area contributed by atoms with E-state index in [1.54, 1.807) is 0 Å². The molecule has 1 unspecified atom stereocenters. The van der Waals surface area contributed by atoms with Gasteiger partial charge >= 0.3 is 0 Å². The Labute approximate surface area is 75.7 Å². The topological polar surface area (TPSA) is 21.3 Å². The second kappa shape index (κ2) is 4.24. The highest BCUT2D eigenvalue weighted by molar-refractivity contribution is 4.76. The average molecular weight is 171 g/mol. The maximum Gasteiger partial charge on any atom is 0.0705 e.